The number of anilines is 1. The number of benzene rings is 2. The van der Waals surface area contributed by atoms with E-state index in [1.807, 2.05) is 30.3 Å². The van der Waals surface area contributed by atoms with Crippen LogP contribution in [0.2, 0.25) is 5.02 Å². The topological polar surface area (TPSA) is 116 Å². The van der Waals surface area contributed by atoms with Gasteiger partial charge in [0.2, 0.25) is 5.91 Å². The minimum absolute atomic E-state index is 0.00230. The number of nitro groups is 1. The highest BCUT2D eigenvalue weighted by Gasteiger charge is 2.54. The molecular weight excluding hydrogens is 534 g/mol. The summed E-state index contributed by atoms with van der Waals surface area (Å²) >= 11 is 6.22. The molecule has 212 valence electrons. The summed E-state index contributed by atoms with van der Waals surface area (Å²) in [5.41, 5.74) is 0.0227. The molecule has 2 aliphatic heterocycles. The van der Waals surface area contributed by atoms with Crippen LogP contribution in [0.3, 0.4) is 0 Å². The fourth-order valence-electron chi connectivity index (χ4n) is 6.24. The van der Waals surface area contributed by atoms with E-state index in [0.29, 0.717) is 45.1 Å². The number of hydrogen-bond donors (Lipinski definition) is 1. The van der Waals surface area contributed by atoms with Gasteiger partial charge in [0.15, 0.2) is 0 Å². The maximum atomic E-state index is 13.9. The van der Waals surface area contributed by atoms with Crippen LogP contribution in [-0.4, -0.2) is 70.8 Å². The van der Waals surface area contributed by atoms with Crippen LogP contribution in [0.5, 0.6) is 0 Å². The van der Waals surface area contributed by atoms with Crippen molar-refractivity contribution in [1.82, 2.24) is 15.1 Å². The second-order valence-corrected chi connectivity index (χ2v) is 11.4. The van der Waals surface area contributed by atoms with Crippen molar-refractivity contribution < 1.29 is 19.3 Å². The Balaban J connectivity index is 1.29. The number of carbonyl (C=O) groups excluding carboxylic acids is 3. The maximum absolute atomic E-state index is 13.9. The molecule has 40 heavy (non-hydrogen) atoms. The molecule has 10 nitrogen and oxygen atoms in total. The van der Waals surface area contributed by atoms with E-state index in [1.54, 1.807) is 9.80 Å². The number of carbonyl (C=O) groups is 3. The van der Waals surface area contributed by atoms with Crippen molar-refractivity contribution in [2.75, 3.05) is 37.7 Å². The Labute approximate surface area is 238 Å². The zero-order valence-electron chi connectivity index (χ0n) is 22.4. The number of likely N-dealkylation sites (tertiary alicyclic amines) is 1. The quantitative estimate of drug-likeness (QED) is 0.395. The van der Waals surface area contributed by atoms with Crippen molar-refractivity contribution in [1.29, 1.82) is 0 Å². The van der Waals surface area contributed by atoms with Crippen LogP contribution in [0.15, 0.2) is 48.5 Å². The van der Waals surface area contributed by atoms with E-state index in [4.69, 9.17) is 11.6 Å². The number of hydrogen-bond acceptors (Lipinski definition) is 6. The van der Waals surface area contributed by atoms with Crippen molar-refractivity contribution in [2.45, 2.75) is 50.5 Å². The number of nitrogens with one attached hydrogen (secondary N) is 1. The first-order valence-electron chi connectivity index (χ1n) is 13.9. The van der Waals surface area contributed by atoms with Crippen LogP contribution in [-0.2, 0) is 9.59 Å². The number of piperidine rings is 1. The third-order valence-corrected chi connectivity index (χ3v) is 8.81. The zero-order chi connectivity index (χ0) is 28.3. The van der Waals surface area contributed by atoms with Gasteiger partial charge in [0, 0.05) is 37.5 Å². The van der Waals surface area contributed by atoms with E-state index in [1.165, 1.54) is 37.5 Å². The molecule has 3 aliphatic rings. The van der Waals surface area contributed by atoms with Gasteiger partial charge >= 0.3 is 0 Å². The molecule has 0 aromatic heterocycles. The fraction of sp³-hybridized carbons (Fsp3) is 0.483. The second kappa shape index (κ2) is 11.8. The highest BCUT2D eigenvalue weighted by Crippen LogP contribution is 2.40. The normalized spacial score (nSPS) is 19.2. The first kappa shape index (κ1) is 27.9. The molecule has 2 aromatic carbocycles. The lowest BCUT2D eigenvalue weighted by atomic mass is 9.85. The van der Waals surface area contributed by atoms with Gasteiger partial charge in [0.05, 0.1) is 22.2 Å². The van der Waals surface area contributed by atoms with Gasteiger partial charge in [-0.05, 0) is 49.8 Å². The minimum Gasteiger partial charge on any atom is -0.354 e. The van der Waals surface area contributed by atoms with Crippen LogP contribution < -0.4 is 10.2 Å². The Kier molecular flexibility index (Phi) is 8.25. The molecule has 1 spiro atoms. The fourth-order valence-corrected chi connectivity index (χ4v) is 6.50. The molecule has 0 atom stereocenters. The lowest BCUT2D eigenvalue weighted by molar-refractivity contribution is -0.384. The van der Waals surface area contributed by atoms with E-state index in [0.717, 1.165) is 18.5 Å². The van der Waals surface area contributed by atoms with Crippen molar-refractivity contribution in [2.24, 2.45) is 5.92 Å². The smallest absolute Gasteiger partial charge is 0.270 e. The molecule has 0 unspecified atom stereocenters. The molecule has 2 saturated heterocycles. The van der Waals surface area contributed by atoms with Crippen molar-refractivity contribution in [3.8, 4) is 0 Å². The summed E-state index contributed by atoms with van der Waals surface area (Å²) in [7, 11) is 0. The average Bonchev–Trinajstić information content (AvgIpc) is 3.23. The highest BCUT2D eigenvalue weighted by molar-refractivity contribution is 6.34. The van der Waals surface area contributed by atoms with E-state index >= 15 is 0 Å². The van der Waals surface area contributed by atoms with Gasteiger partial charge in [-0.1, -0.05) is 49.1 Å². The first-order chi connectivity index (χ1) is 19.3. The number of para-hydroxylation sites is 1. The van der Waals surface area contributed by atoms with Crippen molar-refractivity contribution in [3.05, 3.63) is 69.2 Å². The summed E-state index contributed by atoms with van der Waals surface area (Å²) in [4.78, 5) is 55.9. The molecule has 3 amide bonds. The predicted octanol–water partition coefficient (Wildman–Crippen LogP) is 4.23. The van der Waals surface area contributed by atoms with Gasteiger partial charge in [0.1, 0.15) is 12.1 Å². The molecule has 1 N–H and O–H groups in total. The van der Waals surface area contributed by atoms with Crippen LogP contribution in [0, 0.1) is 16.0 Å². The lowest BCUT2D eigenvalue weighted by Gasteiger charge is -2.43. The summed E-state index contributed by atoms with van der Waals surface area (Å²) in [6, 6.07) is 13.5. The second-order valence-electron chi connectivity index (χ2n) is 11.0. The molecule has 0 bridgehead atoms. The van der Waals surface area contributed by atoms with Gasteiger partial charge in [-0.25, -0.2) is 0 Å². The van der Waals surface area contributed by atoms with Gasteiger partial charge in [-0.2, -0.15) is 0 Å². The predicted molar refractivity (Wildman–Crippen MR) is 151 cm³/mol. The van der Waals surface area contributed by atoms with Gasteiger partial charge in [0.25, 0.3) is 17.5 Å². The van der Waals surface area contributed by atoms with Crippen molar-refractivity contribution >= 4 is 40.7 Å². The molecule has 3 fully saturated rings. The summed E-state index contributed by atoms with van der Waals surface area (Å²) in [5, 5.41) is 14.1. The minimum atomic E-state index is -0.874. The molecule has 1 aliphatic carbocycles. The van der Waals surface area contributed by atoms with Crippen LogP contribution in [0.4, 0.5) is 11.4 Å². The number of amides is 3. The molecule has 11 heteroatoms. The van der Waals surface area contributed by atoms with E-state index in [2.05, 4.69) is 10.2 Å². The number of non-ortho nitro benzene ring substituents is 1. The lowest BCUT2D eigenvalue weighted by Crippen LogP contribution is -2.57. The van der Waals surface area contributed by atoms with E-state index < -0.39 is 10.5 Å². The Hall–Kier alpha value is -3.66. The van der Waals surface area contributed by atoms with Crippen molar-refractivity contribution in [3.63, 3.8) is 0 Å². The standard InChI is InChI=1S/C29H34ClN5O5/c30-25-17-23(35(39)40)11-12-24(25)27(37)32-15-13-29(14-16-32)28(38)33(20-34(29)22-9-5-2-6-10-22)19-26(36)31-18-21-7-3-1-4-8-21/h2,5-6,9-12,17,21H,1,3-4,7-8,13-16,18-20H2,(H,31,36). The Morgan fingerprint density at radius 3 is 2.40 bits per heavy atom. The number of halogens is 1. The number of rotatable bonds is 7. The number of nitro benzene ring substituents is 1. The average molecular weight is 568 g/mol. The monoisotopic (exact) mass is 567 g/mol. The Morgan fingerprint density at radius 1 is 1.05 bits per heavy atom. The Morgan fingerprint density at radius 2 is 1.75 bits per heavy atom. The van der Waals surface area contributed by atoms with Gasteiger partial charge < -0.3 is 20.0 Å². The maximum Gasteiger partial charge on any atom is 0.270 e. The molecule has 2 aromatic rings. The third kappa shape index (κ3) is 5.63. The van der Waals surface area contributed by atoms with E-state index in [-0.39, 0.29) is 40.5 Å². The van der Waals surface area contributed by atoms with Gasteiger partial charge in [-0.15, -0.1) is 0 Å². The summed E-state index contributed by atoms with van der Waals surface area (Å²) in [6.45, 7) is 1.56. The van der Waals surface area contributed by atoms with E-state index in [9.17, 15) is 24.5 Å². The van der Waals surface area contributed by atoms with Crippen LogP contribution in [0.1, 0.15) is 55.3 Å². The third-order valence-electron chi connectivity index (χ3n) is 8.50. The molecule has 5 rings (SSSR count). The molecular formula is C29H34ClN5O5. The van der Waals surface area contributed by atoms with Gasteiger partial charge in [-0.3, -0.25) is 24.5 Å². The zero-order valence-corrected chi connectivity index (χ0v) is 23.1. The van der Waals surface area contributed by atoms with Crippen LogP contribution in [0.25, 0.3) is 0 Å². The Bertz CT molecular complexity index is 1270. The molecule has 1 saturated carbocycles. The first-order valence-corrected chi connectivity index (χ1v) is 14.3. The van der Waals surface area contributed by atoms with Crippen LogP contribution >= 0.6 is 11.6 Å². The summed E-state index contributed by atoms with van der Waals surface area (Å²) in [6.07, 6.45) is 6.70. The number of nitrogens with zero attached hydrogens (tertiary/aromatic N) is 4. The molecule has 0 radical (unpaired) electrons. The summed E-state index contributed by atoms with van der Waals surface area (Å²) in [5.74, 6) is -0.0790. The summed E-state index contributed by atoms with van der Waals surface area (Å²) < 4.78 is 0. The molecule has 2 heterocycles. The largest absolute Gasteiger partial charge is 0.354 e. The SMILES string of the molecule is O=C(CN1CN(c2ccccc2)C2(CCN(C(=O)c3ccc([N+](=O)[O-])cc3Cl)CC2)C1=O)NCC1CCCCC1. The highest BCUT2D eigenvalue weighted by atomic mass is 35.5.